The number of thioether (sulfide) groups is 1. The van der Waals surface area contributed by atoms with E-state index in [1.807, 2.05) is 30.5 Å². The fourth-order valence-electron chi connectivity index (χ4n) is 7.35. The molecule has 2 aliphatic rings. The highest BCUT2D eigenvalue weighted by molar-refractivity contribution is 7.98. The first-order chi connectivity index (χ1) is 23.8. The third-order valence-corrected chi connectivity index (χ3v) is 10.2. The summed E-state index contributed by atoms with van der Waals surface area (Å²) in [5, 5.41) is 10.9. The van der Waals surface area contributed by atoms with E-state index in [1.165, 1.54) is 17.9 Å². The predicted molar refractivity (Wildman–Crippen MR) is 195 cm³/mol. The van der Waals surface area contributed by atoms with Gasteiger partial charge in [-0.3, -0.25) is 14.4 Å². The van der Waals surface area contributed by atoms with E-state index in [9.17, 15) is 14.4 Å². The van der Waals surface area contributed by atoms with Crippen molar-refractivity contribution in [1.29, 1.82) is 0 Å². The second kappa shape index (κ2) is 14.9. The van der Waals surface area contributed by atoms with E-state index in [2.05, 4.69) is 33.1 Å². The van der Waals surface area contributed by atoms with Crippen LogP contribution in [-0.4, -0.2) is 56.2 Å². The second-order valence-electron chi connectivity index (χ2n) is 12.6. The van der Waals surface area contributed by atoms with Crippen LogP contribution in [0.15, 0.2) is 53.3 Å². The van der Waals surface area contributed by atoms with E-state index in [0.29, 0.717) is 47.8 Å². The quantitative estimate of drug-likeness (QED) is 0.150. The standard InChI is InChI=1S/C38H44N4O6S/c1-21(43)39-28-15-13-22-19-33(46-2)36(47-3)37(48-4)34(22)24-14-16-29(32(44)20-26(24)28)40-31(17-18-49-5)38(45)42-30-12-8-10-25-23-9-6-7-11-27(23)41-35(25)30/h6-7,9,11,14,16,19-20,28,30-31,41H,8,10,12-13,15,17-18H2,1-5H3,(H,39,43)(H,40,44)(H,42,45)/t28-,30+,31-/m0/s1. The Morgan fingerprint density at radius 2 is 1.76 bits per heavy atom. The molecule has 0 fully saturated rings. The Labute approximate surface area is 290 Å². The van der Waals surface area contributed by atoms with Crippen LogP contribution in [0.2, 0.25) is 0 Å². The number of rotatable bonds is 11. The number of anilines is 1. The molecule has 1 aromatic heterocycles. The number of nitrogens with one attached hydrogen (secondary N) is 4. The van der Waals surface area contributed by atoms with Crippen molar-refractivity contribution in [3.05, 3.63) is 81.1 Å². The van der Waals surface area contributed by atoms with E-state index >= 15 is 0 Å². The van der Waals surface area contributed by atoms with Crippen molar-refractivity contribution >= 4 is 40.2 Å². The Morgan fingerprint density at radius 1 is 0.959 bits per heavy atom. The first-order valence-corrected chi connectivity index (χ1v) is 18.1. The minimum absolute atomic E-state index is 0.147. The van der Waals surface area contributed by atoms with Gasteiger partial charge in [-0.1, -0.05) is 24.3 Å². The molecule has 49 heavy (non-hydrogen) atoms. The molecule has 3 atom stereocenters. The third-order valence-electron chi connectivity index (χ3n) is 9.60. The minimum Gasteiger partial charge on any atom is -0.493 e. The number of aromatic amines is 1. The van der Waals surface area contributed by atoms with E-state index in [1.54, 1.807) is 45.2 Å². The lowest BCUT2D eigenvalue weighted by atomic mass is 9.91. The molecular formula is C38H44N4O6S. The largest absolute Gasteiger partial charge is 0.493 e. The highest BCUT2D eigenvalue weighted by atomic mass is 32.2. The molecule has 2 amide bonds. The number of hydrogen-bond donors (Lipinski definition) is 4. The fraction of sp³-hybridized carbons (Fsp3) is 0.395. The Bertz CT molecular complexity index is 1940. The van der Waals surface area contributed by atoms with Gasteiger partial charge in [-0.25, -0.2) is 0 Å². The van der Waals surface area contributed by atoms with Gasteiger partial charge in [-0.15, -0.1) is 0 Å². The molecule has 6 rings (SSSR count). The van der Waals surface area contributed by atoms with Crippen LogP contribution in [0.25, 0.3) is 22.0 Å². The molecule has 0 radical (unpaired) electrons. The topological polar surface area (TPSA) is 131 Å². The first kappa shape index (κ1) is 34.2. The molecule has 0 saturated heterocycles. The van der Waals surface area contributed by atoms with Gasteiger partial charge in [0.05, 0.1) is 39.1 Å². The number of ether oxygens (including phenoxy) is 3. The first-order valence-electron chi connectivity index (χ1n) is 16.7. The van der Waals surface area contributed by atoms with E-state index in [-0.39, 0.29) is 23.3 Å². The van der Waals surface area contributed by atoms with Crippen LogP contribution in [0.4, 0.5) is 5.69 Å². The number of para-hydroxylation sites is 1. The Kier molecular flexibility index (Phi) is 10.4. The van der Waals surface area contributed by atoms with Gasteiger partial charge in [-0.2, -0.15) is 11.8 Å². The number of aromatic nitrogens is 1. The van der Waals surface area contributed by atoms with Gasteiger partial charge in [-0.05, 0) is 97.1 Å². The average Bonchev–Trinajstić information content (AvgIpc) is 3.33. The van der Waals surface area contributed by atoms with Gasteiger partial charge in [0.15, 0.2) is 11.5 Å². The second-order valence-corrected chi connectivity index (χ2v) is 13.6. The summed E-state index contributed by atoms with van der Waals surface area (Å²) in [6, 6.07) is 14.1. The zero-order valence-electron chi connectivity index (χ0n) is 28.7. The van der Waals surface area contributed by atoms with Crippen molar-refractivity contribution in [2.75, 3.05) is 38.7 Å². The van der Waals surface area contributed by atoms with Crippen molar-refractivity contribution in [2.45, 2.75) is 63.6 Å². The molecule has 0 saturated carbocycles. The number of carbonyl (C=O) groups excluding carboxylic acids is 2. The third kappa shape index (κ3) is 6.81. The maximum Gasteiger partial charge on any atom is 0.243 e. The van der Waals surface area contributed by atoms with Gasteiger partial charge in [0.25, 0.3) is 0 Å². The molecular weight excluding hydrogens is 641 g/mol. The summed E-state index contributed by atoms with van der Waals surface area (Å²) in [7, 11) is 4.70. The van der Waals surface area contributed by atoms with Crippen molar-refractivity contribution in [3.63, 3.8) is 0 Å². The van der Waals surface area contributed by atoms with Gasteiger partial charge in [0.1, 0.15) is 6.04 Å². The van der Waals surface area contributed by atoms with Crippen molar-refractivity contribution in [1.82, 2.24) is 15.6 Å². The van der Waals surface area contributed by atoms with Crippen LogP contribution in [-0.2, 0) is 22.4 Å². The van der Waals surface area contributed by atoms with Gasteiger partial charge in [0.2, 0.25) is 23.0 Å². The van der Waals surface area contributed by atoms with Gasteiger partial charge in [0, 0.05) is 29.1 Å². The molecule has 0 aliphatic heterocycles. The Hall–Kier alpha value is -4.64. The van der Waals surface area contributed by atoms with Crippen LogP contribution in [0.5, 0.6) is 17.2 Å². The van der Waals surface area contributed by atoms with Crippen molar-refractivity contribution in [2.24, 2.45) is 0 Å². The summed E-state index contributed by atoms with van der Waals surface area (Å²) >= 11 is 1.65. The molecule has 1 heterocycles. The number of hydrogen-bond acceptors (Lipinski definition) is 8. The number of amides is 2. The lowest BCUT2D eigenvalue weighted by Gasteiger charge is -2.27. The lowest BCUT2D eigenvalue weighted by molar-refractivity contribution is -0.123. The smallest absolute Gasteiger partial charge is 0.243 e. The molecule has 11 heteroatoms. The number of methoxy groups -OCH3 is 3. The van der Waals surface area contributed by atoms with Crippen LogP contribution in [0, 0.1) is 0 Å². The highest BCUT2D eigenvalue weighted by Gasteiger charge is 2.31. The van der Waals surface area contributed by atoms with E-state index < -0.39 is 12.1 Å². The number of aryl methyl sites for hydroxylation is 2. The maximum atomic E-state index is 14.0. The molecule has 0 unspecified atom stereocenters. The van der Waals surface area contributed by atoms with Crippen LogP contribution in [0.3, 0.4) is 0 Å². The number of benzene rings is 2. The number of carbonyl (C=O) groups is 2. The molecule has 3 aromatic carbocycles. The summed E-state index contributed by atoms with van der Waals surface area (Å²) in [5.74, 6) is 1.83. The monoisotopic (exact) mass is 684 g/mol. The average molecular weight is 685 g/mol. The Balaban J connectivity index is 1.38. The lowest BCUT2D eigenvalue weighted by Crippen LogP contribution is -2.43. The minimum atomic E-state index is -0.644. The predicted octanol–water partition coefficient (Wildman–Crippen LogP) is 6.07. The number of H-pyrrole nitrogens is 1. The van der Waals surface area contributed by atoms with Crippen LogP contribution >= 0.6 is 11.8 Å². The summed E-state index contributed by atoms with van der Waals surface area (Å²) in [6.45, 7) is 1.47. The molecule has 0 bridgehead atoms. The fourth-order valence-corrected chi connectivity index (χ4v) is 7.82. The SMILES string of the molecule is COc1cc2c(c(OC)c1OC)-c1ccc(N[C@@H](CCSC)C(=O)N[C@@H]3CCCc4c3[nH]c3ccccc43)c(=O)cc1[C@@H](NC(C)=O)CC2. The molecule has 10 nitrogen and oxygen atoms in total. The highest BCUT2D eigenvalue weighted by Crippen LogP contribution is 2.50. The van der Waals surface area contributed by atoms with Gasteiger partial charge < -0.3 is 35.1 Å². The molecule has 0 spiro atoms. The summed E-state index contributed by atoms with van der Waals surface area (Å²) < 4.78 is 17.3. The molecule has 258 valence electrons. The molecule has 2 aliphatic carbocycles. The van der Waals surface area contributed by atoms with Crippen LogP contribution in [0.1, 0.15) is 67.1 Å². The zero-order chi connectivity index (χ0) is 34.7. The maximum absolute atomic E-state index is 14.0. The molecule has 4 aromatic rings. The normalized spacial score (nSPS) is 17.1. The zero-order valence-corrected chi connectivity index (χ0v) is 29.5. The van der Waals surface area contributed by atoms with Gasteiger partial charge >= 0.3 is 0 Å². The summed E-state index contributed by atoms with van der Waals surface area (Å²) in [6.07, 6.45) is 6.47. The number of fused-ring (bicyclic) bond motifs is 6. The van der Waals surface area contributed by atoms with Crippen LogP contribution < -0.4 is 35.6 Å². The summed E-state index contributed by atoms with van der Waals surface area (Å²) in [4.78, 5) is 43.9. The van der Waals surface area contributed by atoms with Crippen molar-refractivity contribution < 1.29 is 23.8 Å². The van der Waals surface area contributed by atoms with E-state index in [4.69, 9.17) is 14.2 Å². The van der Waals surface area contributed by atoms with E-state index in [0.717, 1.165) is 52.9 Å². The summed E-state index contributed by atoms with van der Waals surface area (Å²) in [5.41, 5.74) is 6.52. The molecule has 4 N–H and O–H groups in total. The van der Waals surface area contributed by atoms with Crippen molar-refractivity contribution in [3.8, 4) is 28.4 Å². The Morgan fingerprint density at radius 3 is 2.49 bits per heavy atom.